The van der Waals surface area contributed by atoms with Gasteiger partial charge in [-0.05, 0) is 43.5 Å². The van der Waals surface area contributed by atoms with Crippen LogP contribution in [0.5, 0.6) is 5.88 Å². The van der Waals surface area contributed by atoms with Crippen LogP contribution in [-0.4, -0.2) is 48.7 Å². The number of thioether (sulfide) groups is 1. The van der Waals surface area contributed by atoms with Crippen LogP contribution in [0.3, 0.4) is 0 Å². The molecule has 0 fully saturated rings. The SMILES string of the molecule is CCCCCCCC(=O)N(COc1nc(CC)nc2c(CCC)nn(C)c12)c1ccc(SC(CCC)C(=O)O)cc1. The lowest BCUT2D eigenvalue weighted by Crippen LogP contribution is -2.34. The number of carbonyl (C=O) groups excluding carboxylic acids is 1. The number of carboxylic acids is 1. The molecule has 0 bridgehead atoms. The molecule has 224 valence electrons. The zero-order valence-corrected chi connectivity index (χ0v) is 26.0. The van der Waals surface area contributed by atoms with Gasteiger partial charge in [0, 0.05) is 30.5 Å². The van der Waals surface area contributed by atoms with Crippen molar-refractivity contribution in [2.75, 3.05) is 11.6 Å². The van der Waals surface area contributed by atoms with Gasteiger partial charge in [0.15, 0.2) is 6.73 Å². The number of ether oxygens (including phenoxy) is 1. The van der Waals surface area contributed by atoms with Crippen molar-refractivity contribution < 1.29 is 19.4 Å². The quantitative estimate of drug-likeness (QED) is 0.0973. The number of aliphatic carboxylic acids is 1. The van der Waals surface area contributed by atoms with Crippen LogP contribution in [0.15, 0.2) is 29.2 Å². The number of fused-ring (bicyclic) bond motifs is 1. The van der Waals surface area contributed by atoms with Gasteiger partial charge in [-0.3, -0.25) is 19.2 Å². The van der Waals surface area contributed by atoms with Crippen molar-refractivity contribution in [2.24, 2.45) is 7.05 Å². The summed E-state index contributed by atoms with van der Waals surface area (Å²) in [5, 5.41) is 13.7. The van der Waals surface area contributed by atoms with E-state index in [1.54, 1.807) is 9.58 Å². The maximum absolute atomic E-state index is 13.5. The number of carboxylic acid groups (broad SMARTS) is 1. The average molecular weight is 584 g/mol. The van der Waals surface area contributed by atoms with Crippen LogP contribution in [-0.2, 0) is 29.5 Å². The third kappa shape index (κ3) is 8.92. The first-order valence-electron chi connectivity index (χ1n) is 15.0. The molecule has 1 amide bonds. The number of unbranched alkanes of at least 4 members (excludes halogenated alkanes) is 4. The Hall–Kier alpha value is -3.14. The summed E-state index contributed by atoms with van der Waals surface area (Å²) in [7, 11) is 1.86. The highest BCUT2D eigenvalue weighted by Gasteiger charge is 2.22. The van der Waals surface area contributed by atoms with E-state index in [0.717, 1.165) is 66.6 Å². The summed E-state index contributed by atoms with van der Waals surface area (Å²) in [5.74, 6) is 0.261. The molecule has 0 spiro atoms. The van der Waals surface area contributed by atoms with Crippen molar-refractivity contribution in [3.8, 4) is 5.88 Å². The fourth-order valence-electron chi connectivity index (χ4n) is 4.71. The molecular formula is C31H45N5O4S. The summed E-state index contributed by atoms with van der Waals surface area (Å²) < 4.78 is 8.05. The summed E-state index contributed by atoms with van der Waals surface area (Å²) in [6.07, 6.45) is 9.51. The third-order valence-corrected chi connectivity index (χ3v) is 8.21. The first-order valence-corrected chi connectivity index (χ1v) is 15.9. The molecule has 0 saturated heterocycles. The van der Waals surface area contributed by atoms with Crippen molar-refractivity contribution in [2.45, 2.75) is 108 Å². The van der Waals surface area contributed by atoms with Crippen LogP contribution in [0.4, 0.5) is 5.69 Å². The molecule has 1 aromatic carbocycles. The van der Waals surface area contributed by atoms with Crippen LogP contribution in [0.2, 0.25) is 0 Å². The number of amides is 1. The predicted molar refractivity (Wildman–Crippen MR) is 165 cm³/mol. The number of hydrogen-bond acceptors (Lipinski definition) is 7. The Kier molecular flexibility index (Phi) is 12.9. The number of aromatic nitrogens is 4. The minimum atomic E-state index is -0.811. The molecule has 2 heterocycles. The Morgan fingerprint density at radius 2 is 1.73 bits per heavy atom. The number of benzene rings is 1. The zero-order valence-electron chi connectivity index (χ0n) is 25.2. The zero-order chi connectivity index (χ0) is 29.8. The molecule has 0 aliphatic rings. The molecule has 0 radical (unpaired) electrons. The summed E-state index contributed by atoms with van der Waals surface area (Å²) in [5.41, 5.74) is 3.14. The van der Waals surface area contributed by atoms with E-state index in [0.29, 0.717) is 36.7 Å². The fourth-order valence-corrected chi connectivity index (χ4v) is 5.78. The van der Waals surface area contributed by atoms with Gasteiger partial charge in [0.1, 0.15) is 22.1 Å². The molecule has 0 aliphatic carbocycles. The Morgan fingerprint density at radius 3 is 2.37 bits per heavy atom. The molecule has 3 rings (SSSR count). The standard InChI is InChI=1S/C31H45N5O4S/c1-6-10-11-12-13-16-27(37)36(22-17-19-23(20-18-22)41-25(15-8-3)31(38)39)21-40-30-29-28(32-26(9-4)33-30)24(14-7-2)34-35(29)5/h17-20,25H,6-16,21H2,1-5H3,(H,38,39). The normalized spacial score (nSPS) is 12.0. The summed E-state index contributed by atoms with van der Waals surface area (Å²) >= 11 is 1.33. The van der Waals surface area contributed by atoms with Crippen LogP contribution in [0, 0.1) is 0 Å². The molecule has 0 saturated carbocycles. The van der Waals surface area contributed by atoms with Gasteiger partial charge in [-0.15, -0.1) is 11.8 Å². The molecule has 41 heavy (non-hydrogen) atoms. The number of carbonyl (C=O) groups is 2. The topological polar surface area (TPSA) is 110 Å². The lowest BCUT2D eigenvalue weighted by atomic mass is 10.1. The van der Waals surface area contributed by atoms with E-state index in [1.807, 2.05) is 45.2 Å². The summed E-state index contributed by atoms with van der Waals surface area (Å²) in [6, 6.07) is 7.48. The summed E-state index contributed by atoms with van der Waals surface area (Å²) in [6.45, 7) is 8.27. The van der Waals surface area contributed by atoms with E-state index in [9.17, 15) is 14.7 Å². The lowest BCUT2D eigenvalue weighted by Gasteiger charge is -2.23. The molecule has 1 atom stereocenters. The minimum absolute atomic E-state index is 0.00255. The van der Waals surface area contributed by atoms with Crippen LogP contribution in [0.1, 0.15) is 97.0 Å². The second-order valence-electron chi connectivity index (χ2n) is 10.3. The second kappa shape index (κ2) is 16.3. The van der Waals surface area contributed by atoms with Crippen molar-refractivity contribution >= 4 is 40.4 Å². The summed E-state index contributed by atoms with van der Waals surface area (Å²) in [4.78, 5) is 37.0. The highest BCUT2D eigenvalue weighted by atomic mass is 32.2. The minimum Gasteiger partial charge on any atom is -0.480 e. The van der Waals surface area contributed by atoms with Gasteiger partial charge in [0.2, 0.25) is 11.8 Å². The smallest absolute Gasteiger partial charge is 0.316 e. The van der Waals surface area contributed by atoms with E-state index in [2.05, 4.69) is 23.9 Å². The highest BCUT2D eigenvalue weighted by molar-refractivity contribution is 8.00. The molecular weight excluding hydrogens is 538 g/mol. The molecule has 10 heteroatoms. The molecule has 3 aromatic rings. The van der Waals surface area contributed by atoms with Crippen LogP contribution in [0.25, 0.3) is 11.0 Å². The van der Waals surface area contributed by atoms with E-state index in [1.165, 1.54) is 18.2 Å². The van der Waals surface area contributed by atoms with Crippen molar-refractivity contribution in [3.05, 3.63) is 35.8 Å². The Bertz CT molecular complexity index is 1280. The van der Waals surface area contributed by atoms with Gasteiger partial charge in [0.25, 0.3) is 0 Å². The first kappa shape index (κ1) is 32.4. The maximum Gasteiger partial charge on any atom is 0.316 e. The third-order valence-electron chi connectivity index (χ3n) is 6.95. The van der Waals surface area contributed by atoms with Crippen LogP contribution >= 0.6 is 11.8 Å². The largest absolute Gasteiger partial charge is 0.480 e. The van der Waals surface area contributed by atoms with Gasteiger partial charge >= 0.3 is 5.97 Å². The number of aryl methyl sites for hydroxylation is 3. The van der Waals surface area contributed by atoms with E-state index in [-0.39, 0.29) is 12.6 Å². The Balaban J connectivity index is 1.87. The Morgan fingerprint density at radius 1 is 1.00 bits per heavy atom. The molecule has 1 N–H and O–H groups in total. The van der Waals surface area contributed by atoms with Gasteiger partial charge in [0.05, 0.1) is 5.69 Å². The Labute approximate surface area is 248 Å². The van der Waals surface area contributed by atoms with Crippen molar-refractivity contribution in [1.29, 1.82) is 0 Å². The van der Waals surface area contributed by atoms with E-state index >= 15 is 0 Å². The molecule has 9 nitrogen and oxygen atoms in total. The predicted octanol–water partition coefficient (Wildman–Crippen LogP) is 6.95. The number of rotatable bonds is 18. The van der Waals surface area contributed by atoms with Gasteiger partial charge in [-0.1, -0.05) is 66.2 Å². The van der Waals surface area contributed by atoms with Crippen LogP contribution < -0.4 is 9.64 Å². The maximum atomic E-state index is 13.5. The lowest BCUT2D eigenvalue weighted by molar-refractivity contribution is -0.136. The van der Waals surface area contributed by atoms with E-state index < -0.39 is 11.2 Å². The van der Waals surface area contributed by atoms with Gasteiger partial charge in [-0.2, -0.15) is 10.1 Å². The van der Waals surface area contributed by atoms with Crippen molar-refractivity contribution in [1.82, 2.24) is 19.7 Å². The van der Waals surface area contributed by atoms with Crippen molar-refractivity contribution in [3.63, 3.8) is 0 Å². The van der Waals surface area contributed by atoms with Gasteiger partial charge < -0.3 is 9.84 Å². The number of hydrogen-bond donors (Lipinski definition) is 1. The number of nitrogens with zero attached hydrogens (tertiary/aromatic N) is 5. The molecule has 2 aromatic heterocycles. The highest BCUT2D eigenvalue weighted by Crippen LogP contribution is 2.30. The van der Waals surface area contributed by atoms with E-state index in [4.69, 9.17) is 9.72 Å². The molecule has 1 unspecified atom stereocenters. The molecule has 0 aliphatic heterocycles. The number of anilines is 1. The fraction of sp³-hybridized carbons (Fsp3) is 0.581. The first-order chi connectivity index (χ1) is 19.8. The monoisotopic (exact) mass is 583 g/mol. The van der Waals surface area contributed by atoms with Gasteiger partial charge in [-0.25, -0.2) is 4.98 Å². The average Bonchev–Trinajstić information content (AvgIpc) is 3.28. The second-order valence-corrected chi connectivity index (χ2v) is 11.6.